The van der Waals surface area contributed by atoms with Crippen LogP contribution in [0.25, 0.3) is 0 Å². The van der Waals surface area contributed by atoms with E-state index in [0.29, 0.717) is 11.0 Å². The van der Waals surface area contributed by atoms with E-state index in [2.05, 4.69) is 27.1 Å². The molecule has 1 aromatic rings. The van der Waals surface area contributed by atoms with Gasteiger partial charge >= 0.3 is 0 Å². The maximum Gasteiger partial charge on any atom is 0.223 e. The zero-order valence-electron chi connectivity index (χ0n) is 10.7. The molecule has 0 bridgehead atoms. The summed E-state index contributed by atoms with van der Waals surface area (Å²) in [5, 5.41) is 3.60. The molecule has 0 amide bonds. The Kier molecular flexibility index (Phi) is 4.60. The Morgan fingerprint density at radius 1 is 1.56 bits per heavy atom. The molecular formula is C12H20ClN5. The lowest BCUT2D eigenvalue weighted by Crippen LogP contribution is -2.37. The number of nitrogens with two attached hydrogens (primary N) is 1. The van der Waals surface area contributed by atoms with Crippen LogP contribution in [0.15, 0.2) is 6.07 Å². The fraction of sp³-hybridized carbons (Fsp3) is 0.667. The summed E-state index contributed by atoms with van der Waals surface area (Å²) in [5.74, 6) is 1.71. The van der Waals surface area contributed by atoms with Gasteiger partial charge in [0.2, 0.25) is 5.95 Å². The number of nitrogens with one attached hydrogen (secondary N) is 1. The first-order valence-electron chi connectivity index (χ1n) is 6.40. The van der Waals surface area contributed by atoms with Gasteiger partial charge in [-0.1, -0.05) is 18.5 Å². The van der Waals surface area contributed by atoms with Gasteiger partial charge in [0.05, 0.1) is 0 Å². The number of likely N-dealkylation sites (tertiary alicyclic amines) is 1. The Balaban J connectivity index is 1.77. The number of hydrogen-bond acceptors (Lipinski definition) is 5. The van der Waals surface area contributed by atoms with Gasteiger partial charge < -0.3 is 16.0 Å². The summed E-state index contributed by atoms with van der Waals surface area (Å²) in [7, 11) is 0. The van der Waals surface area contributed by atoms with E-state index in [9.17, 15) is 0 Å². The van der Waals surface area contributed by atoms with Gasteiger partial charge in [-0.15, -0.1) is 0 Å². The Hall–Kier alpha value is -1.07. The van der Waals surface area contributed by atoms with Crippen LogP contribution in [0.5, 0.6) is 0 Å². The third kappa shape index (κ3) is 3.99. The summed E-state index contributed by atoms with van der Waals surface area (Å²) in [5.41, 5.74) is 5.54. The molecule has 6 heteroatoms. The SMILES string of the molecule is C[C@@H]1CCCN(CCNc2cc(Cl)nc(N)n2)C1. The molecule has 0 aromatic carbocycles. The molecule has 1 saturated heterocycles. The molecule has 3 N–H and O–H groups in total. The van der Waals surface area contributed by atoms with Crippen LogP contribution in [0.1, 0.15) is 19.8 Å². The van der Waals surface area contributed by atoms with Crippen molar-refractivity contribution in [2.75, 3.05) is 37.2 Å². The van der Waals surface area contributed by atoms with E-state index in [1.807, 2.05) is 0 Å². The van der Waals surface area contributed by atoms with Crippen molar-refractivity contribution in [1.29, 1.82) is 0 Å². The average Bonchev–Trinajstić information content (AvgIpc) is 2.27. The van der Waals surface area contributed by atoms with Crippen LogP contribution in [-0.2, 0) is 0 Å². The summed E-state index contributed by atoms with van der Waals surface area (Å²) in [4.78, 5) is 10.4. The van der Waals surface area contributed by atoms with E-state index in [4.69, 9.17) is 17.3 Å². The van der Waals surface area contributed by atoms with E-state index >= 15 is 0 Å². The molecule has 5 nitrogen and oxygen atoms in total. The lowest BCUT2D eigenvalue weighted by atomic mass is 10.0. The third-order valence-electron chi connectivity index (χ3n) is 3.19. The zero-order valence-corrected chi connectivity index (χ0v) is 11.5. The second-order valence-electron chi connectivity index (χ2n) is 4.91. The van der Waals surface area contributed by atoms with Crippen molar-refractivity contribution < 1.29 is 0 Å². The molecule has 0 radical (unpaired) electrons. The first-order chi connectivity index (χ1) is 8.63. The molecule has 0 aliphatic carbocycles. The molecule has 1 atom stereocenters. The second-order valence-corrected chi connectivity index (χ2v) is 5.30. The second kappa shape index (κ2) is 6.20. The van der Waals surface area contributed by atoms with E-state index < -0.39 is 0 Å². The van der Waals surface area contributed by atoms with Gasteiger partial charge in [-0.25, -0.2) is 4.98 Å². The maximum atomic E-state index is 5.82. The molecule has 0 saturated carbocycles. The molecule has 2 rings (SSSR count). The standard InChI is InChI=1S/C12H20ClN5/c1-9-3-2-5-18(8-9)6-4-15-11-7-10(13)16-12(14)17-11/h7,9H,2-6,8H2,1H3,(H3,14,15,16,17)/t9-/m1/s1. The Bertz CT molecular complexity index is 378. The molecule has 0 unspecified atom stereocenters. The van der Waals surface area contributed by atoms with Crippen molar-refractivity contribution in [3.63, 3.8) is 0 Å². The number of nitrogen functional groups attached to an aromatic ring is 1. The van der Waals surface area contributed by atoms with E-state index in [1.54, 1.807) is 6.07 Å². The highest BCUT2D eigenvalue weighted by Crippen LogP contribution is 2.15. The van der Waals surface area contributed by atoms with Crippen molar-refractivity contribution in [1.82, 2.24) is 14.9 Å². The Morgan fingerprint density at radius 2 is 2.39 bits per heavy atom. The van der Waals surface area contributed by atoms with Crippen molar-refractivity contribution in [2.24, 2.45) is 5.92 Å². The quantitative estimate of drug-likeness (QED) is 0.817. The van der Waals surface area contributed by atoms with Crippen LogP contribution in [0, 0.1) is 5.92 Å². The topological polar surface area (TPSA) is 67.1 Å². The van der Waals surface area contributed by atoms with Crippen LogP contribution in [0.3, 0.4) is 0 Å². The minimum Gasteiger partial charge on any atom is -0.369 e. The summed E-state index contributed by atoms with van der Waals surface area (Å²) >= 11 is 5.82. The molecule has 0 spiro atoms. The first-order valence-corrected chi connectivity index (χ1v) is 6.77. The van der Waals surface area contributed by atoms with Gasteiger partial charge in [-0.05, 0) is 25.3 Å². The van der Waals surface area contributed by atoms with E-state index in [0.717, 1.165) is 19.0 Å². The number of hydrogen-bond donors (Lipinski definition) is 2. The van der Waals surface area contributed by atoms with Crippen molar-refractivity contribution >= 4 is 23.4 Å². The molecule has 1 aliphatic rings. The highest BCUT2D eigenvalue weighted by molar-refractivity contribution is 6.29. The Labute approximate surface area is 113 Å². The maximum absolute atomic E-state index is 5.82. The highest BCUT2D eigenvalue weighted by Gasteiger charge is 2.15. The zero-order chi connectivity index (χ0) is 13.0. The minimum absolute atomic E-state index is 0.205. The lowest BCUT2D eigenvalue weighted by Gasteiger charge is -2.30. The Morgan fingerprint density at radius 3 is 3.11 bits per heavy atom. The number of halogens is 1. The van der Waals surface area contributed by atoms with E-state index in [-0.39, 0.29) is 5.95 Å². The smallest absolute Gasteiger partial charge is 0.223 e. The number of piperidine rings is 1. The predicted octanol–water partition coefficient (Wildman–Crippen LogP) is 1.86. The highest BCUT2D eigenvalue weighted by atomic mass is 35.5. The summed E-state index contributed by atoms with van der Waals surface area (Å²) in [6, 6.07) is 1.69. The van der Waals surface area contributed by atoms with Gasteiger partial charge in [0.25, 0.3) is 0 Å². The molecule has 1 aromatic heterocycles. The number of anilines is 2. The minimum atomic E-state index is 0.205. The summed E-state index contributed by atoms with van der Waals surface area (Å²) in [6.45, 7) is 6.56. The fourth-order valence-electron chi connectivity index (χ4n) is 2.36. The molecule has 100 valence electrons. The van der Waals surface area contributed by atoms with Crippen LogP contribution in [-0.4, -0.2) is 41.0 Å². The lowest BCUT2D eigenvalue weighted by molar-refractivity contribution is 0.190. The fourth-order valence-corrected chi connectivity index (χ4v) is 2.55. The van der Waals surface area contributed by atoms with Crippen molar-refractivity contribution in [3.8, 4) is 0 Å². The largest absolute Gasteiger partial charge is 0.369 e. The number of nitrogens with zero attached hydrogens (tertiary/aromatic N) is 3. The summed E-state index contributed by atoms with van der Waals surface area (Å²) < 4.78 is 0. The number of aromatic nitrogens is 2. The molecule has 18 heavy (non-hydrogen) atoms. The van der Waals surface area contributed by atoms with Crippen LogP contribution >= 0.6 is 11.6 Å². The molecule has 1 fully saturated rings. The van der Waals surface area contributed by atoms with Gasteiger partial charge in [0.15, 0.2) is 0 Å². The third-order valence-corrected chi connectivity index (χ3v) is 3.38. The monoisotopic (exact) mass is 269 g/mol. The predicted molar refractivity (Wildman–Crippen MR) is 74.8 cm³/mol. The first kappa shape index (κ1) is 13.4. The average molecular weight is 270 g/mol. The van der Waals surface area contributed by atoms with E-state index in [1.165, 1.54) is 25.9 Å². The number of rotatable bonds is 4. The van der Waals surface area contributed by atoms with Gasteiger partial charge in [-0.2, -0.15) is 4.98 Å². The normalized spacial score (nSPS) is 20.9. The van der Waals surface area contributed by atoms with Crippen LogP contribution in [0.2, 0.25) is 5.15 Å². The summed E-state index contributed by atoms with van der Waals surface area (Å²) in [6.07, 6.45) is 2.65. The van der Waals surface area contributed by atoms with Crippen molar-refractivity contribution in [2.45, 2.75) is 19.8 Å². The van der Waals surface area contributed by atoms with Crippen LogP contribution in [0.4, 0.5) is 11.8 Å². The van der Waals surface area contributed by atoms with Crippen LogP contribution < -0.4 is 11.1 Å². The van der Waals surface area contributed by atoms with Gasteiger partial charge in [0, 0.05) is 25.7 Å². The van der Waals surface area contributed by atoms with Gasteiger partial charge in [-0.3, -0.25) is 0 Å². The molecule has 1 aliphatic heterocycles. The van der Waals surface area contributed by atoms with Crippen molar-refractivity contribution in [3.05, 3.63) is 11.2 Å². The van der Waals surface area contributed by atoms with Gasteiger partial charge in [0.1, 0.15) is 11.0 Å². The molecule has 2 heterocycles. The molecular weight excluding hydrogens is 250 g/mol.